The van der Waals surface area contributed by atoms with Crippen LogP contribution in [0, 0.1) is 0 Å². The summed E-state index contributed by atoms with van der Waals surface area (Å²) in [7, 11) is 0. The molecule has 0 spiro atoms. The summed E-state index contributed by atoms with van der Waals surface area (Å²) in [5.41, 5.74) is 11.8. The molecule has 0 aliphatic rings. The Labute approximate surface area is 168 Å². The fraction of sp³-hybridized carbons (Fsp3) is 0.632. The van der Waals surface area contributed by atoms with Crippen molar-refractivity contribution in [2.45, 2.75) is 31.8 Å². The number of hydrogen-bond acceptors (Lipinski definition) is 8. The number of primary amides is 1. The third-order valence-electron chi connectivity index (χ3n) is 3.99. The molecule has 0 aliphatic heterocycles. The first-order valence-electron chi connectivity index (χ1n) is 9.91. The second-order valence-electron chi connectivity index (χ2n) is 6.49. The number of carbonyl (C=O) groups is 1. The lowest BCUT2D eigenvalue weighted by Crippen LogP contribution is -2.51. The summed E-state index contributed by atoms with van der Waals surface area (Å²) >= 11 is 0. The van der Waals surface area contributed by atoms with Gasteiger partial charge in [0.15, 0.2) is 0 Å². The third-order valence-corrected chi connectivity index (χ3v) is 3.99. The predicted octanol–water partition coefficient (Wildman–Crippen LogP) is -1.04. The summed E-state index contributed by atoms with van der Waals surface area (Å²) in [6.45, 7) is 3.92. The number of rotatable bonds is 19. The molecule has 160 valence electrons. The summed E-state index contributed by atoms with van der Waals surface area (Å²) in [6, 6.07) is 10.3. The van der Waals surface area contributed by atoms with E-state index in [0.29, 0.717) is 13.3 Å². The van der Waals surface area contributed by atoms with Gasteiger partial charge in [0.05, 0.1) is 12.9 Å². The monoisotopic (exact) mass is 395 g/mol. The fourth-order valence-corrected chi connectivity index (χ4v) is 2.54. The number of unbranched alkanes of at least 4 members (excludes halogenated alkanes) is 2. The molecule has 0 saturated heterocycles. The van der Waals surface area contributed by atoms with Crippen LogP contribution in [0.5, 0.6) is 0 Å². The Kier molecular flexibility index (Phi) is 15.3. The third kappa shape index (κ3) is 14.5. The van der Waals surface area contributed by atoms with Crippen LogP contribution in [-0.4, -0.2) is 58.5 Å². The molecule has 0 bridgehead atoms. The van der Waals surface area contributed by atoms with Gasteiger partial charge in [-0.05, 0) is 31.5 Å². The van der Waals surface area contributed by atoms with Crippen LogP contribution < -0.4 is 38.1 Å². The first kappa shape index (κ1) is 24.4. The minimum Gasteiger partial charge on any atom is -0.368 e. The Hall–Kier alpha value is -1.59. The van der Waals surface area contributed by atoms with Crippen molar-refractivity contribution in [3.8, 4) is 0 Å². The molecule has 0 aromatic heterocycles. The Morgan fingerprint density at radius 1 is 0.964 bits per heavy atom. The molecule has 9 nitrogen and oxygen atoms in total. The van der Waals surface area contributed by atoms with Gasteiger partial charge >= 0.3 is 0 Å². The van der Waals surface area contributed by atoms with E-state index in [0.717, 1.165) is 39.0 Å². The molecule has 0 heterocycles. The average molecular weight is 396 g/mol. The van der Waals surface area contributed by atoms with Crippen LogP contribution in [0.25, 0.3) is 0 Å². The van der Waals surface area contributed by atoms with Crippen molar-refractivity contribution in [1.82, 2.24) is 26.6 Å². The topological polar surface area (TPSA) is 138 Å². The molecule has 1 amide bonds. The van der Waals surface area contributed by atoms with Crippen LogP contribution in [0.3, 0.4) is 0 Å². The van der Waals surface area contributed by atoms with E-state index < -0.39 is 5.91 Å². The summed E-state index contributed by atoms with van der Waals surface area (Å²) in [5.74, 6) is -0.475. The average Bonchev–Trinajstić information content (AvgIpc) is 2.69. The van der Waals surface area contributed by atoms with Gasteiger partial charge in [0.1, 0.15) is 6.61 Å². The molecule has 9 N–H and O–H groups in total. The molecule has 9 heteroatoms. The van der Waals surface area contributed by atoms with Gasteiger partial charge in [0.2, 0.25) is 5.91 Å². The summed E-state index contributed by atoms with van der Waals surface area (Å²) in [6.07, 6.45) is 4.34. The van der Waals surface area contributed by atoms with Crippen LogP contribution >= 0.6 is 0 Å². The quantitative estimate of drug-likeness (QED) is 0.117. The normalized spacial score (nSPS) is 12.2. The highest BCUT2D eigenvalue weighted by Gasteiger charge is 2.07. The van der Waals surface area contributed by atoms with E-state index in [4.69, 9.17) is 16.2 Å². The SMILES string of the molecule is NCCCCCNCNCNC(Cc1ccccc1)NCNCOCC(N)=O. The van der Waals surface area contributed by atoms with Crippen LogP contribution in [0.4, 0.5) is 0 Å². The van der Waals surface area contributed by atoms with E-state index in [9.17, 15) is 4.79 Å². The highest BCUT2D eigenvalue weighted by Crippen LogP contribution is 2.01. The zero-order valence-electron chi connectivity index (χ0n) is 16.7. The second kappa shape index (κ2) is 17.5. The van der Waals surface area contributed by atoms with E-state index in [1.807, 2.05) is 18.2 Å². The lowest BCUT2D eigenvalue weighted by atomic mass is 10.1. The number of nitrogens with one attached hydrogen (secondary N) is 5. The number of ether oxygens (including phenoxy) is 1. The van der Waals surface area contributed by atoms with Crippen LogP contribution in [0.1, 0.15) is 24.8 Å². The Bertz CT molecular complexity index is 490. The number of hydrogen-bond donors (Lipinski definition) is 7. The lowest BCUT2D eigenvalue weighted by molar-refractivity contribution is -0.122. The second-order valence-corrected chi connectivity index (χ2v) is 6.49. The molecule has 0 saturated carbocycles. The highest BCUT2D eigenvalue weighted by atomic mass is 16.5. The predicted molar refractivity (Wildman–Crippen MR) is 112 cm³/mol. The van der Waals surface area contributed by atoms with E-state index in [1.54, 1.807) is 0 Å². The zero-order chi connectivity index (χ0) is 20.3. The van der Waals surface area contributed by atoms with Gasteiger partial charge in [-0.3, -0.25) is 26.1 Å². The fourth-order valence-electron chi connectivity index (χ4n) is 2.54. The lowest BCUT2D eigenvalue weighted by Gasteiger charge is -2.21. The Balaban J connectivity index is 2.19. The van der Waals surface area contributed by atoms with Gasteiger partial charge in [0.25, 0.3) is 0 Å². The van der Waals surface area contributed by atoms with Gasteiger partial charge in [-0.2, -0.15) is 0 Å². The van der Waals surface area contributed by atoms with E-state index in [2.05, 4.69) is 38.7 Å². The van der Waals surface area contributed by atoms with Crippen LogP contribution in [0.2, 0.25) is 0 Å². The minimum atomic E-state index is -0.475. The Morgan fingerprint density at radius 3 is 2.43 bits per heavy atom. The molecular weight excluding hydrogens is 358 g/mol. The van der Waals surface area contributed by atoms with E-state index in [-0.39, 0.29) is 19.5 Å². The number of carbonyl (C=O) groups excluding carboxylic acids is 1. The van der Waals surface area contributed by atoms with Crippen molar-refractivity contribution >= 4 is 5.91 Å². The van der Waals surface area contributed by atoms with Crippen molar-refractivity contribution in [2.75, 3.05) is 46.4 Å². The van der Waals surface area contributed by atoms with Crippen molar-refractivity contribution < 1.29 is 9.53 Å². The van der Waals surface area contributed by atoms with Crippen molar-refractivity contribution in [1.29, 1.82) is 0 Å². The van der Waals surface area contributed by atoms with Crippen LogP contribution in [0.15, 0.2) is 30.3 Å². The summed E-state index contributed by atoms with van der Waals surface area (Å²) < 4.78 is 5.08. The molecular formula is C19H37N7O2. The maximum atomic E-state index is 10.6. The van der Waals surface area contributed by atoms with Gasteiger partial charge in [-0.15, -0.1) is 0 Å². The van der Waals surface area contributed by atoms with Crippen molar-refractivity contribution in [3.05, 3.63) is 35.9 Å². The maximum absolute atomic E-state index is 10.6. The van der Waals surface area contributed by atoms with Crippen molar-refractivity contribution in [3.63, 3.8) is 0 Å². The van der Waals surface area contributed by atoms with Gasteiger partial charge in [-0.25, -0.2) is 0 Å². The standard InChI is InChI=1S/C19H37N7O2/c20-9-5-2-6-10-22-13-23-14-25-19(11-17-7-3-1-4-8-17)26-15-24-16-28-12-18(21)27/h1,3-4,7-8,19,22-26H,2,5-6,9-16,20H2,(H2,21,27). The van der Waals surface area contributed by atoms with Gasteiger partial charge < -0.3 is 21.5 Å². The molecule has 0 fully saturated rings. The van der Waals surface area contributed by atoms with E-state index >= 15 is 0 Å². The van der Waals surface area contributed by atoms with Gasteiger partial charge in [0, 0.05) is 26.4 Å². The molecule has 1 unspecified atom stereocenters. The summed E-state index contributed by atoms with van der Waals surface area (Å²) in [5, 5.41) is 16.6. The molecule has 1 atom stereocenters. The molecule has 1 aromatic rings. The molecule has 28 heavy (non-hydrogen) atoms. The molecule has 1 rings (SSSR count). The zero-order valence-corrected chi connectivity index (χ0v) is 16.7. The Morgan fingerprint density at radius 2 is 1.71 bits per heavy atom. The van der Waals surface area contributed by atoms with Gasteiger partial charge in [-0.1, -0.05) is 36.8 Å². The number of nitrogens with two attached hydrogens (primary N) is 2. The molecule has 0 radical (unpaired) electrons. The largest absolute Gasteiger partial charge is 0.368 e. The minimum absolute atomic E-state index is 0.0815. The van der Waals surface area contributed by atoms with Crippen molar-refractivity contribution in [2.24, 2.45) is 11.5 Å². The van der Waals surface area contributed by atoms with Crippen LogP contribution in [-0.2, 0) is 16.0 Å². The first-order valence-corrected chi connectivity index (χ1v) is 9.91. The van der Waals surface area contributed by atoms with E-state index in [1.165, 1.54) is 12.0 Å². The smallest absolute Gasteiger partial charge is 0.243 e. The summed E-state index contributed by atoms with van der Waals surface area (Å²) in [4.78, 5) is 10.6. The number of amides is 1. The first-order chi connectivity index (χ1) is 13.7. The number of benzene rings is 1. The molecule has 1 aromatic carbocycles. The highest BCUT2D eigenvalue weighted by molar-refractivity contribution is 5.74. The maximum Gasteiger partial charge on any atom is 0.243 e. The molecule has 0 aliphatic carbocycles.